The minimum atomic E-state index is -4.69. The lowest BCUT2D eigenvalue weighted by Crippen LogP contribution is -2.07. The van der Waals surface area contributed by atoms with E-state index in [2.05, 4.69) is 20.2 Å². The Hall–Kier alpha value is -3.89. The maximum absolute atomic E-state index is 13.5. The molecule has 0 aliphatic carbocycles. The van der Waals surface area contributed by atoms with E-state index < -0.39 is 23.5 Å². The third-order valence-electron chi connectivity index (χ3n) is 4.60. The maximum atomic E-state index is 13.5. The van der Waals surface area contributed by atoms with Gasteiger partial charge in [-0.1, -0.05) is 12.1 Å². The predicted molar refractivity (Wildman–Crippen MR) is 105 cm³/mol. The largest absolute Gasteiger partial charge is 0.416 e. The van der Waals surface area contributed by atoms with Gasteiger partial charge in [0.2, 0.25) is 0 Å². The SMILES string of the molecule is Nc1ccc(-c2cc(-c3cc(C(F)(F)F)cc(-c4ccc(C(F)(F)F)cc4)n3)[nH]n2)cn1. The van der Waals surface area contributed by atoms with E-state index in [0.29, 0.717) is 17.1 Å². The Balaban J connectivity index is 1.77. The molecule has 0 bridgehead atoms. The van der Waals surface area contributed by atoms with Crippen LogP contribution in [0.1, 0.15) is 11.1 Å². The van der Waals surface area contributed by atoms with Crippen molar-refractivity contribution in [3.05, 3.63) is 71.9 Å². The number of alkyl halides is 6. The fourth-order valence-electron chi connectivity index (χ4n) is 2.97. The Bertz CT molecular complexity index is 1240. The highest BCUT2D eigenvalue weighted by atomic mass is 19.4. The first-order valence-electron chi connectivity index (χ1n) is 9.05. The summed E-state index contributed by atoms with van der Waals surface area (Å²) in [4.78, 5) is 8.15. The Labute approximate surface area is 177 Å². The molecule has 3 N–H and O–H groups in total. The average Bonchev–Trinajstić information content (AvgIpc) is 3.23. The van der Waals surface area contributed by atoms with Crippen LogP contribution in [0.5, 0.6) is 0 Å². The molecule has 0 radical (unpaired) electrons. The summed E-state index contributed by atoms with van der Waals surface area (Å²) < 4.78 is 78.9. The van der Waals surface area contributed by atoms with Crippen molar-refractivity contribution in [2.45, 2.75) is 12.4 Å². The molecule has 3 aromatic heterocycles. The van der Waals surface area contributed by atoms with E-state index in [4.69, 9.17) is 5.73 Å². The topological polar surface area (TPSA) is 80.5 Å². The van der Waals surface area contributed by atoms with Crippen molar-refractivity contribution >= 4 is 5.82 Å². The molecule has 0 fully saturated rings. The zero-order valence-electron chi connectivity index (χ0n) is 16.0. The molecule has 32 heavy (non-hydrogen) atoms. The van der Waals surface area contributed by atoms with Crippen LogP contribution < -0.4 is 5.73 Å². The number of nitrogens with zero attached hydrogens (tertiary/aromatic N) is 3. The van der Waals surface area contributed by atoms with Crippen molar-refractivity contribution in [1.82, 2.24) is 20.2 Å². The van der Waals surface area contributed by atoms with Crippen molar-refractivity contribution in [3.8, 4) is 33.9 Å². The minimum Gasteiger partial charge on any atom is -0.384 e. The van der Waals surface area contributed by atoms with Crippen LogP contribution in [0, 0.1) is 0 Å². The lowest BCUT2D eigenvalue weighted by molar-refractivity contribution is -0.138. The molecule has 164 valence electrons. The first-order valence-corrected chi connectivity index (χ1v) is 9.05. The number of H-pyrrole nitrogens is 1. The molecular formula is C21H13F6N5. The van der Waals surface area contributed by atoms with E-state index in [0.717, 1.165) is 36.4 Å². The monoisotopic (exact) mass is 449 g/mol. The number of benzene rings is 1. The van der Waals surface area contributed by atoms with Crippen LogP contribution in [0.25, 0.3) is 33.9 Å². The zero-order valence-corrected chi connectivity index (χ0v) is 16.0. The van der Waals surface area contributed by atoms with Crippen LogP contribution in [0.4, 0.5) is 32.2 Å². The van der Waals surface area contributed by atoms with Gasteiger partial charge >= 0.3 is 12.4 Å². The molecule has 0 saturated heterocycles. The van der Waals surface area contributed by atoms with Crippen LogP contribution in [0.2, 0.25) is 0 Å². The second-order valence-corrected chi connectivity index (χ2v) is 6.84. The van der Waals surface area contributed by atoms with E-state index in [1.807, 2.05) is 0 Å². The Morgan fingerprint density at radius 3 is 1.91 bits per heavy atom. The Morgan fingerprint density at radius 2 is 1.31 bits per heavy atom. The molecule has 0 spiro atoms. The Morgan fingerprint density at radius 1 is 0.688 bits per heavy atom. The zero-order chi connectivity index (χ0) is 23.1. The molecule has 0 aliphatic rings. The number of hydrogen-bond acceptors (Lipinski definition) is 4. The number of nitrogen functional groups attached to an aromatic ring is 1. The van der Waals surface area contributed by atoms with E-state index in [1.165, 1.54) is 12.3 Å². The third kappa shape index (κ3) is 4.41. The van der Waals surface area contributed by atoms with E-state index >= 15 is 0 Å². The molecule has 0 unspecified atom stereocenters. The van der Waals surface area contributed by atoms with Gasteiger partial charge in [0.1, 0.15) is 5.82 Å². The van der Waals surface area contributed by atoms with E-state index in [-0.39, 0.29) is 22.6 Å². The summed E-state index contributed by atoms with van der Waals surface area (Å²) in [5.74, 6) is 0.297. The lowest BCUT2D eigenvalue weighted by atomic mass is 10.0. The summed E-state index contributed by atoms with van der Waals surface area (Å²) in [6.07, 6.45) is -7.79. The van der Waals surface area contributed by atoms with Gasteiger partial charge in [0, 0.05) is 17.3 Å². The van der Waals surface area contributed by atoms with Crippen molar-refractivity contribution in [2.24, 2.45) is 0 Å². The van der Waals surface area contributed by atoms with Gasteiger partial charge in [-0.2, -0.15) is 31.4 Å². The van der Waals surface area contributed by atoms with Gasteiger partial charge < -0.3 is 5.73 Å². The van der Waals surface area contributed by atoms with Gasteiger partial charge in [-0.3, -0.25) is 5.10 Å². The number of nitrogens with one attached hydrogen (secondary N) is 1. The maximum Gasteiger partial charge on any atom is 0.416 e. The molecule has 3 heterocycles. The minimum absolute atomic E-state index is 0.0723. The number of rotatable bonds is 3. The number of halogens is 6. The third-order valence-corrected chi connectivity index (χ3v) is 4.60. The van der Waals surface area contributed by atoms with Crippen molar-refractivity contribution in [1.29, 1.82) is 0 Å². The molecule has 0 atom stereocenters. The highest BCUT2D eigenvalue weighted by Crippen LogP contribution is 2.36. The van der Waals surface area contributed by atoms with Gasteiger partial charge in [0.25, 0.3) is 0 Å². The second-order valence-electron chi connectivity index (χ2n) is 6.84. The summed E-state index contributed by atoms with van der Waals surface area (Å²) in [5, 5.41) is 6.71. The second kappa shape index (κ2) is 7.66. The Kier molecular flexibility index (Phi) is 5.11. The first-order chi connectivity index (χ1) is 15.0. The quantitative estimate of drug-likeness (QED) is 0.386. The van der Waals surface area contributed by atoms with Gasteiger partial charge in [-0.25, -0.2) is 9.97 Å². The normalized spacial score (nSPS) is 12.2. The average molecular weight is 449 g/mol. The van der Waals surface area contributed by atoms with Crippen LogP contribution in [0.15, 0.2) is 60.8 Å². The van der Waals surface area contributed by atoms with Crippen LogP contribution in [-0.2, 0) is 12.4 Å². The molecule has 5 nitrogen and oxygen atoms in total. The molecule has 0 aliphatic heterocycles. The summed E-state index contributed by atoms with van der Waals surface area (Å²) in [7, 11) is 0. The van der Waals surface area contributed by atoms with Gasteiger partial charge in [0.05, 0.1) is 33.9 Å². The summed E-state index contributed by atoms with van der Waals surface area (Å²) >= 11 is 0. The summed E-state index contributed by atoms with van der Waals surface area (Å²) in [6.45, 7) is 0. The molecule has 0 saturated carbocycles. The van der Waals surface area contributed by atoms with E-state index in [9.17, 15) is 26.3 Å². The number of nitrogens with two attached hydrogens (primary N) is 1. The number of aromatic amines is 1. The van der Waals surface area contributed by atoms with Gasteiger partial charge in [0.15, 0.2) is 0 Å². The molecule has 11 heteroatoms. The number of pyridine rings is 2. The van der Waals surface area contributed by atoms with Crippen molar-refractivity contribution < 1.29 is 26.3 Å². The lowest BCUT2D eigenvalue weighted by Gasteiger charge is -2.12. The molecule has 0 amide bonds. The molecular weight excluding hydrogens is 436 g/mol. The standard InChI is InChI=1S/C21H13F6N5/c22-20(23,24)13-4-1-11(2-5-13)15-7-14(21(25,26)27)8-17(30-15)18-9-16(31-32-18)12-3-6-19(28)29-10-12/h1-10H,(H2,28,29)(H,31,32). The highest BCUT2D eigenvalue weighted by Gasteiger charge is 2.33. The number of aromatic nitrogens is 4. The van der Waals surface area contributed by atoms with E-state index in [1.54, 1.807) is 12.1 Å². The van der Waals surface area contributed by atoms with Gasteiger partial charge in [-0.05, 0) is 42.5 Å². The highest BCUT2D eigenvalue weighted by molar-refractivity contribution is 5.70. The molecule has 4 aromatic rings. The van der Waals surface area contributed by atoms with Crippen molar-refractivity contribution in [3.63, 3.8) is 0 Å². The predicted octanol–water partition coefficient (Wildman–Crippen LogP) is 5.82. The van der Waals surface area contributed by atoms with Crippen LogP contribution >= 0.6 is 0 Å². The van der Waals surface area contributed by atoms with Crippen LogP contribution in [-0.4, -0.2) is 20.2 Å². The fraction of sp³-hybridized carbons (Fsp3) is 0.0952. The summed E-state index contributed by atoms with van der Waals surface area (Å²) in [5.41, 5.74) is 4.71. The van der Waals surface area contributed by atoms with Crippen molar-refractivity contribution in [2.75, 3.05) is 5.73 Å². The smallest absolute Gasteiger partial charge is 0.384 e. The molecule has 1 aromatic carbocycles. The summed E-state index contributed by atoms with van der Waals surface area (Å²) in [6, 6.07) is 10.1. The van der Waals surface area contributed by atoms with Crippen LogP contribution in [0.3, 0.4) is 0 Å². The van der Waals surface area contributed by atoms with Gasteiger partial charge in [-0.15, -0.1) is 0 Å². The number of hydrogen-bond donors (Lipinski definition) is 2. The number of anilines is 1. The fourth-order valence-corrected chi connectivity index (χ4v) is 2.97. The first kappa shape index (κ1) is 21.3. The molecule has 4 rings (SSSR count).